The molecule has 1 aromatic rings. The van der Waals surface area contributed by atoms with Crippen LogP contribution in [0.4, 0.5) is 0 Å². The lowest BCUT2D eigenvalue weighted by molar-refractivity contribution is -0.133. The summed E-state index contributed by atoms with van der Waals surface area (Å²) in [7, 11) is -3.22. The predicted octanol–water partition coefficient (Wildman–Crippen LogP) is 3.71. The summed E-state index contributed by atoms with van der Waals surface area (Å²) in [5.74, 6) is 3.74. The molecule has 166 valence electrons. The summed E-state index contributed by atoms with van der Waals surface area (Å²) < 4.78 is 28.7. The SMILES string of the molecule is CS(=O)(=O)c1ccc(OCC[C@@H]2C[C@@H]2C2CCN(C(=O)CC3CCCC3)CC2)nc1. The van der Waals surface area contributed by atoms with Crippen LogP contribution < -0.4 is 4.74 Å². The largest absolute Gasteiger partial charge is 0.478 e. The van der Waals surface area contributed by atoms with Gasteiger partial charge in [0.1, 0.15) is 0 Å². The van der Waals surface area contributed by atoms with E-state index in [0.29, 0.717) is 30.2 Å². The molecule has 0 radical (unpaired) electrons. The van der Waals surface area contributed by atoms with Gasteiger partial charge in [0.2, 0.25) is 11.8 Å². The third kappa shape index (κ3) is 5.54. The topological polar surface area (TPSA) is 76.6 Å². The van der Waals surface area contributed by atoms with E-state index in [1.165, 1.54) is 44.6 Å². The molecule has 1 amide bonds. The molecule has 2 atom stereocenters. The number of carbonyl (C=O) groups excluding carboxylic acids is 1. The van der Waals surface area contributed by atoms with Crippen molar-refractivity contribution in [3.8, 4) is 5.88 Å². The van der Waals surface area contributed by atoms with Crippen molar-refractivity contribution >= 4 is 15.7 Å². The molecule has 1 aromatic heterocycles. The Morgan fingerprint density at radius 2 is 1.90 bits per heavy atom. The molecule has 3 fully saturated rings. The summed E-state index contributed by atoms with van der Waals surface area (Å²) in [5.41, 5.74) is 0. The smallest absolute Gasteiger partial charge is 0.222 e. The molecule has 1 aliphatic heterocycles. The molecule has 1 saturated heterocycles. The summed E-state index contributed by atoms with van der Waals surface area (Å²) in [4.78, 5) is 19.0. The lowest BCUT2D eigenvalue weighted by Crippen LogP contribution is -2.39. The predicted molar refractivity (Wildman–Crippen MR) is 115 cm³/mol. The van der Waals surface area contributed by atoms with E-state index in [-0.39, 0.29) is 4.90 Å². The van der Waals surface area contributed by atoms with Crippen molar-refractivity contribution in [2.75, 3.05) is 26.0 Å². The molecule has 0 bridgehead atoms. The number of hydrogen-bond donors (Lipinski definition) is 0. The number of nitrogens with zero attached hydrogens (tertiary/aromatic N) is 2. The van der Waals surface area contributed by atoms with Crippen LogP contribution in [0.3, 0.4) is 0 Å². The Hall–Kier alpha value is -1.63. The number of sulfone groups is 1. The zero-order valence-electron chi connectivity index (χ0n) is 18.0. The molecule has 4 rings (SSSR count). The molecule has 6 nitrogen and oxygen atoms in total. The second kappa shape index (κ2) is 9.25. The number of pyridine rings is 1. The van der Waals surface area contributed by atoms with Gasteiger partial charge in [0.25, 0.3) is 0 Å². The Kier molecular flexibility index (Phi) is 6.66. The van der Waals surface area contributed by atoms with Crippen LogP contribution in [0.2, 0.25) is 0 Å². The van der Waals surface area contributed by atoms with Crippen LogP contribution in [-0.2, 0) is 14.6 Å². The first-order valence-corrected chi connectivity index (χ1v) is 13.4. The van der Waals surface area contributed by atoms with Crippen LogP contribution in [0.1, 0.15) is 57.8 Å². The molecule has 0 unspecified atom stereocenters. The third-order valence-corrected chi connectivity index (χ3v) is 8.39. The first kappa shape index (κ1) is 21.6. The van der Waals surface area contributed by atoms with Gasteiger partial charge in [0.15, 0.2) is 9.84 Å². The number of carbonyl (C=O) groups is 1. The summed E-state index contributed by atoms with van der Waals surface area (Å²) in [5, 5.41) is 0. The molecule has 2 saturated carbocycles. The van der Waals surface area contributed by atoms with Crippen LogP contribution in [-0.4, -0.2) is 50.2 Å². The molecule has 30 heavy (non-hydrogen) atoms. The Labute approximate surface area is 180 Å². The second-order valence-electron chi connectivity index (χ2n) is 9.47. The van der Waals surface area contributed by atoms with E-state index in [9.17, 15) is 13.2 Å². The first-order chi connectivity index (χ1) is 14.4. The fourth-order valence-electron chi connectivity index (χ4n) is 5.33. The molecule has 0 N–H and O–H groups in total. The number of piperidine rings is 1. The zero-order chi connectivity index (χ0) is 21.1. The maximum atomic E-state index is 12.5. The highest BCUT2D eigenvalue weighted by Crippen LogP contribution is 2.49. The van der Waals surface area contributed by atoms with E-state index < -0.39 is 9.84 Å². The average Bonchev–Trinajstić information content (AvgIpc) is 3.31. The highest BCUT2D eigenvalue weighted by atomic mass is 32.2. The Morgan fingerprint density at radius 1 is 1.17 bits per heavy atom. The van der Waals surface area contributed by atoms with Gasteiger partial charge in [-0.2, -0.15) is 0 Å². The minimum absolute atomic E-state index is 0.213. The van der Waals surface area contributed by atoms with Gasteiger partial charge in [-0.1, -0.05) is 12.8 Å². The van der Waals surface area contributed by atoms with Crippen molar-refractivity contribution in [2.45, 2.75) is 62.7 Å². The number of aromatic nitrogens is 1. The van der Waals surface area contributed by atoms with Crippen molar-refractivity contribution in [3.05, 3.63) is 18.3 Å². The zero-order valence-corrected chi connectivity index (χ0v) is 18.8. The van der Waals surface area contributed by atoms with Gasteiger partial charge in [0, 0.05) is 38.0 Å². The molecule has 2 heterocycles. The van der Waals surface area contributed by atoms with Crippen LogP contribution in [0.15, 0.2) is 23.2 Å². The third-order valence-electron chi connectivity index (χ3n) is 7.29. The summed E-state index contributed by atoms with van der Waals surface area (Å²) >= 11 is 0. The minimum atomic E-state index is -3.22. The van der Waals surface area contributed by atoms with Gasteiger partial charge in [-0.25, -0.2) is 13.4 Å². The van der Waals surface area contributed by atoms with Crippen LogP contribution in [0.25, 0.3) is 0 Å². The maximum Gasteiger partial charge on any atom is 0.222 e. The van der Waals surface area contributed by atoms with E-state index in [2.05, 4.69) is 9.88 Å². The number of ether oxygens (including phenoxy) is 1. The Bertz CT molecular complexity index is 825. The maximum absolute atomic E-state index is 12.5. The summed E-state index contributed by atoms with van der Waals surface area (Å²) in [6.45, 7) is 2.49. The standard InChI is InChI=1S/C23H34N2O4S/c1-30(27,28)20-6-7-22(24-16-20)29-13-10-19-15-21(19)18-8-11-25(12-9-18)23(26)14-17-4-2-3-5-17/h6-7,16-19,21H,2-5,8-15H2,1H3/t19-,21-/m1/s1. The van der Waals surface area contributed by atoms with Crippen molar-refractivity contribution in [1.82, 2.24) is 9.88 Å². The highest BCUT2D eigenvalue weighted by molar-refractivity contribution is 7.90. The van der Waals surface area contributed by atoms with Gasteiger partial charge in [0.05, 0.1) is 11.5 Å². The van der Waals surface area contributed by atoms with E-state index in [4.69, 9.17) is 4.74 Å². The van der Waals surface area contributed by atoms with Crippen LogP contribution >= 0.6 is 0 Å². The van der Waals surface area contributed by atoms with Crippen molar-refractivity contribution in [3.63, 3.8) is 0 Å². The molecule has 0 spiro atoms. The Balaban J connectivity index is 1.13. The number of hydrogen-bond acceptors (Lipinski definition) is 5. The van der Waals surface area contributed by atoms with E-state index >= 15 is 0 Å². The van der Waals surface area contributed by atoms with Crippen molar-refractivity contribution in [2.24, 2.45) is 23.7 Å². The highest BCUT2D eigenvalue weighted by Gasteiger charge is 2.43. The van der Waals surface area contributed by atoms with E-state index in [0.717, 1.165) is 50.6 Å². The lowest BCUT2D eigenvalue weighted by Gasteiger charge is -2.33. The Morgan fingerprint density at radius 3 is 2.53 bits per heavy atom. The number of rotatable bonds is 8. The quantitative estimate of drug-likeness (QED) is 0.623. The van der Waals surface area contributed by atoms with Gasteiger partial charge in [-0.15, -0.1) is 0 Å². The monoisotopic (exact) mass is 434 g/mol. The van der Waals surface area contributed by atoms with Gasteiger partial charge < -0.3 is 9.64 Å². The molecular formula is C23H34N2O4S. The van der Waals surface area contributed by atoms with Gasteiger partial charge >= 0.3 is 0 Å². The number of likely N-dealkylation sites (tertiary alicyclic amines) is 1. The fraction of sp³-hybridized carbons (Fsp3) is 0.739. The molecule has 3 aliphatic rings. The minimum Gasteiger partial charge on any atom is -0.478 e. The number of amides is 1. The van der Waals surface area contributed by atoms with Crippen molar-refractivity contribution < 1.29 is 17.9 Å². The van der Waals surface area contributed by atoms with Gasteiger partial charge in [-0.3, -0.25) is 4.79 Å². The van der Waals surface area contributed by atoms with Gasteiger partial charge in [-0.05, 0) is 68.3 Å². The molecule has 7 heteroatoms. The molecule has 2 aliphatic carbocycles. The fourth-order valence-corrected chi connectivity index (χ4v) is 5.89. The molecular weight excluding hydrogens is 400 g/mol. The van der Waals surface area contributed by atoms with Crippen LogP contribution in [0.5, 0.6) is 5.88 Å². The summed E-state index contributed by atoms with van der Waals surface area (Å²) in [6.07, 6.45) is 13.0. The average molecular weight is 435 g/mol. The summed E-state index contributed by atoms with van der Waals surface area (Å²) in [6, 6.07) is 3.17. The van der Waals surface area contributed by atoms with E-state index in [1.807, 2.05) is 0 Å². The van der Waals surface area contributed by atoms with E-state index in [1.54, 1.807) is 12.1 Å². The molecule has 0 aromatic carbocycles. The van der Waals surface area contributed by atoms with Crippen LogP contribution in [0, 0.1) is 23.7 Å². The normalized spacial score (nSPS) is 25.4. The lowest BCUT2D eigenvalue weighted by atomic mass is 9.90. The van der Waals surface area contributed by atoms with Crippen molar-refractivity contribution in [1.29, 1.82) is 0 Å². The second-order valence-corrected chi connectivity index (χ2v) is 11.5. The first-order valence-electron chi connectivity index (χ1n) is 11.5.